The molecule has 0 aliphatic rings. The summed E-state index contributed by atoms with van der Waals surface area (Å²) in [4.78, 5) is 22.3. The molecule has 0 bridgehead atoms. The SMILES string of the molecule is C[C@H](C[C@H](C)C(=O)Nc1ccccc1)C(=O)[O-]. The van der Waals surface area contributed by atoms with E-state index in [9.17, 15) is 14.7 Å². The van der Waals surface area contributed by atoms with Crippen LogP contribution in [0.4, 0.5) is 5.69 Å². The van der Waals surface area contributed by atoms with E-state index in [1.807, 2.05) is 18.2 Å². The summed E-state index contributed by atoms with van der Waals surface area (Å²) in [6.45, 7) is 3.25. The van der Waals surface area contributed by atoms with Gasteiger partial charge in [0.15, 0.2) is 0 Å². The lowest BCUT2D eigenvalue weighted by atomic mass is 9.97. The molecule has 0 saturated heterocycles. The van der Waals surface area contributed by atoms with E-state index in [0.717, 1.165) is 0 Å². The Balaban J connectivity index is 2.50. The predicted octanol–water partition coefficient (Wildman–Crippen LogP) is 1.04. The fourth-order valence-corrected chi connectivity index (χ4v) is 1.52. The summed E-state index contributed by atoms with van der Waals surface area (Å²) in [6, 6.07) is 9.07. The molecule has 1 N–H and O–H groups in total. The number of aliphatic carboxylic acids is 1. The number of rotatable bonds is 5. The number of amides is 1. The molecule has 1 aromatic carbocycles. The van der Waals surface area contributed by atoms with Crippen LogP contribution in [0.3, 0.4) is 0 Å². The highest BCUT2D eigenvalue weighted by Gasteiger charge is 2.16. The van der Waals surface area contributed by atoms with Gasteiger partial charge in [-0.3, -0.25) is 4.79 Å². The van der Waals surface area contributed by atoms with Gasteiger partial charge < -0.3 is 15.2 Å². The molecule has 92 valence electrons. The zero-order valence-electron chi connectivity index (χ0n) is 9.97. The third-order valence-corrected chi connectivity index (χ3v) is 2.60. The molecule has 1 rings (SSSR count). The van der Waals surface area contributed by atoms with E-state index in [0.29, 0.717) is 5.69 Å². The number of nitrogens with one attached hydrogen (secondary N) is 1. The van der Waals surface area contributed by atoms with Gasteiger partial charge in [-0.15, -0.1) is 0 Å². The van der Waals surface area contributed by atoms with Gasteiger partial charge in [-0.2, -0.15) is 0 Å². The first-order valence-electron chi connectivity index (χ1n) is 5.57. The molecule has 0 aromatic heterocycles. The molecule has 1 aromatic rings. The van der Waals surface area contributed by atoms with Gasteiger partial charge in [0.05, 0.1) is 0 Å². The summed E-state index contributed by atoms with van der Waals surface area (Å²) in [5.41, 5.74) is 0.713. The average molecular weight is 234 g/mol. The van der Waals surface area contributed by atoms with Gasteiger partial charge in [0.1, 0.15) is 0 Å². The fourth-order valence-electron chi connectivity index (χ4n) is 1.52. The number of hydrogen-bond acceptors (Lipinski definition) is 3. The maximum atomic E-state index is 11.7. The van der Waals surface area contributed by atoms with Crippen LogP contribution in [0, 0.1) is 11.8 Å². The smallest absolute Gasteiger partial charge is 0.227 e. The number of carbonyl (C=O) groups excluding carboxylic acids is 2. The Hall–Kier alpha value is -1.84. The van der Waals surface area contributed by atoms with Gasteiger partial charge in [-0.1, -0.05) is 32.0 Å². The number of hydrogen-bond donors (Lipinski definition) is 1. The summed E-state index contributed by atoms with van der Waals surface area (Å²) >= 11 is 0. The van der Waals surface area contributed by atoms with Crippen molar-refractivity contribution in [1.29, 1.82) is 0 Å². The lowest BCUT2D eigenvalue weighted by Gasteiger charge is -2.17. The van der Waals surface area contributed by atoms with E-state index in [1.54, 1.807) is 26.0 Å². The summed E-state index contributed by atoms with van der Waals surface area (Å²) in [5, 5.41) is 13.3. The summed E-state index contributed by atoms with van der Waals surface area (Å²) in [7, 11) is 0. The first-order chi connectivity index (χ1) is 8.00. The molecule has 0 heterocycles. The van der Waals surface area contributed by atoms with E-state index in [2.05, 4.69) is 5.32 Å². The van der Waals surface area contributed by atoms with Crippen LogP contribution < -0.4 is 10.4 Å². The number of para-hydroxylation sites is 1. The molecule has 2 atom stereocenters. The van der Waals surface area contributed by atoms with E-state index >= 15 is 0 Å². The molecular weight excluding hydrogens is 218 g/mol. The number of benzene rings is 1. The van der Waals surface area contributed by atoms with Crippen molar-refractivity contribution in [1.82, 2.24) is 0 Å². The van der Waals surface area contributed by atoms with Gasteiger partial charge in [0, 0.05) is 17.6 Å². The van der Waals surface area contributed by atoms with Crippen LogP contribution in [0.25, 0.3) is 0 Å². The Morgan fingerprint density at radius 2 is 1.76 bits per heavy atom. The van der Waals surface area contributed by atoms with Crippen LogP contribution >= 0.6 is 0 Å². The monoisotopic (exact) mass is 234 g/mol. The van der Waals surface area contributed by atoms with Crippen LogP contribution in [-0.4, -0.2) is 11.9 Å². The van der Waals surface area contributed by atoms with Crippen molar-refractivity contribution >= 4 is 17.6 Å². The van der Waals surface area contributed by atoms with Crippen LogP contribution in [0.1, 0.15) is 20.3 Å². The Kier molecular flexibility index (Phi) is 4.69. The standard InChI is InChI=1S/C13H17NO3/c1-9(8-10(2)13(16)17)12(15)14-11-6-4-3-5-7-11/h3-7,9-10H,8H2,1-2H3,(H,14,15)(H,16,17)/p-1/t9-,10+/m0/s1. The first kappa shape index (κ1) is 13.2. The van der Waals surface area contributed by atoms with Gasteiger partial charge >= 0.3 is 0 Å². The van der Waals surface area contributed by atoms with E-state index in [4.69, 9.17) is 0 Å². The second kappa shape index (κ2) is 6.03. The van der Waals surface area contributed by atoms with Gasteiger partial charge in [-0.05, 0) is 24.5 Å². The summed E-state index contributed by atoms with van der Waals surface area (Å²) in [6.07, 6.45) is 0.279. The molecule has 0 aliphatic carbocycles. The molecule has 0 unspecified atom stereocenters. The normalized spacial score (nSPS) is 13.8. The van der Waals surface area contributed by atoms with Crippen molar-refractivity contribution in [2.75, 3.05) is 5.32 Å². The highest BCUT2D eigenvalue weighted by Crippen LogP contribution is 2.14. The maximum absolute atomic E-state index is 11.7. The average Bonchev–Trinajstić information content (AvgIpc) is 2.29. The van der Waals surface area contributed by atoms with Crippen molar-refractivity contribution in [3.8, 4) is 0 Å². The third kappa shape index (κ3) is 4.26. The summed E-state index contributed by atoms with van der Waals surface area (Å²) < 4.78 is 0. The maximum Gasteiger partial charge on any atom is 0.227 e. The van der Waals surface area contributed by atoms with Crippen LogP contribution in [-0.2, 0) is 9.59 Å². The number of carboxylic acid groups (broad SMARTS) is 1. The fraction of sp³-hybridized carbons (Fsp3) is 0.385. The molecule has 0 spiro atoms. The zero-order valence-corrected chi connectivity index (χ0v) is 9.97. The van der Waals surface area contributed by atoms with Gasteiger partial charge in [0.25, 0.3) is 0 Å². The Morgan fingerprint density at radius 1 is 1.18 bits per heavy atom. The Bertz CT molecular complexity index is 389. The van der Waals surface area contributed by atoms with E-state index in [1.165, 1.54) is 0 Å². The highest BCUT2D eigenvalue weighted by atomic mass is 16.4. The molecule has 0 aliphatic heterocycles. The van der Waals surface area contributed by atoms with Crippen molar-refractivity contribution in [2.45, 2.75) is 20.3 Å². The second-order valence-electron chi connectivity index (χ2n) is 4.21. The molecular formula is C13H16NO3-. The lowest BCUT2D eigenvalue weighted by Crippen LogP contribution is -2.32. The lowest BCUT2D eigenvalue weighted by molar-refractivity contribution is -0.311. The topological polar surface area (TPSA) is 69.2 Å². The van der Waals surface area contributed by atoms with Crippen molar-refractivity contribution in [3.63, 3.8) is 0 Å². The molecule has 0 radical (unpaired) electrons. The van der Waals surface area contributed by atoms with Crippen molar-refractivity contribution in [2.24, 2.45) is 11.8 Å². The summed E-state index contributed by atoms with van der Waals surface area (Å²) in [5.74, 6) is -2.27. The minimum Gasteiger partial charge on any atom is -0.550 e. The van der Waals surface area contributed by atoms with E-state index < -0.39 is 11.9 Å². The number of carbonyl (C=O) groups is 2. The minimum atomic E-state index is -1.12. The first-order valence-corrected chi connectivity index (χ1v) is 5.57. The molecule has 4 heteroatoms. The molecule has 0 saturated carbocycles. The molecule has 0 fully saturated rings. The number of anilines is 1. The Morgan fingerprint density at radius 3 is 2.29 bits per heavy atom. The van der Waals surface area contributed by atoms with Crippen molar-refractivity contribution < 1.29 is 14.7 Å². The van der Waals surface area contributed by atoms with Crippen LogP contribution in [0.2, 0.25) is 0 Å². The molecule has 4 nitrogen and oxygen atoms in total. The quantitative estimate of drug-likeness (QED) is 0.827. The van der Waals surface area contributed by atoms with Crippen LogP contribution in [0.5, 0.6) is 0 Å². The minimum absolute atomic E-state index is 0.177. The van der Waals surface area contributed by atoms with Gasteiger partial charge in [-0.25, -0.2) is 0 Å². The van der Waals surface area contributed by atoms with Crippen molar-refractivity contribution in [3.05, 3.63) is 30.3 Å². The second-order valence-corrected chi connectivity index (χ2v) is 4.21. The highest BCUT2D eigenvalue weighted by molar-refractivity contribution is 5.92. The third-order valence-electron chi connectivity index (χ3n) is 2.60. The molecule has 17 heavy (non-hydrogen) atoms. The Labute approximate surface area is 101 Å². The number of carboxylic acids is 1. The largest absolute Gasteiger partial charge is 0.550 e. The van der Waals surface area contributed by atoms with Crippen LogP contribution in [0.15, 0.2) is 30.3 Å². The zero-order chi connectivity index (χ0) is 12.8. The van der Waals surface area contributed by atoms with Gasteiger partial charge in [0.2, 0.25) is 5.91 Å². The van der Waals surface area contributed by atoms with E-state index in [-0.39, 0.29) is 18.2 Å². The predicted molar refractivity (Wildman–Crippen MR) is 63.0 cm³/mol. The molecule has 1 amide bonds.